The van der Waals surface area contributed by atoms with Crippen LogP contribution in [0.2, 0.25) is 0 Å². The van der Waals surface area contributed by atoms with Gasteiger partial charge in [0.25, 0.3) is 0 Å². The Morgan fingerprint density at radius 3 is 1.38 bits per heavy atom. The highest BCUT2D eigenvalue weighted by Gasteiger charge is 2.01. The Morgan fingerprint density at radius 2 is 1.04 bits per heavy atom. The van der Waals surface area contributed by atoms with Crippen molar-refractivity contribution in [2.75, 3.05) is 0 Å². The molecule has 2 aromatic heterocycles. The number of aliphatic imine (C=N–C) groups is 2. The summed E-state index contributed by atoms with van der Waals surface area (Å²) in [5.41, 5.74) is 22.8. The molecule has 0 saturated heterocycles. The lowest BCUT2D eigenvalue weighted by Gasteiger charge is -1.84. The molecule has 2 aromatic carbocycles. The summed E-state index contributed by atoms with van der Waals surface area (Å²) in [6.07, 6.45) is 0. The van der Waals surface area contributed by atoms with Crippen LogP contribution in [0.4, 0.5) is 10.3 Å². The van der Waals surface area contributed by atoms with Gasteiger partial charge in [0.15, 0.2) is 11.9 Å². The first-order valence-electron chi connectivity index (χ1n) is 7.41. The number of hydrogen-bond donors (Lipinski definition) is 4. The zero-order chi connectivity index (χ0) is 18.5. The fraction of sp³-hybridized carbons (Fsp3) is 0. The van der Waals surface area contributed by atoms with Gasteiger partial charge in [0.2, 0.25) is 10.3 Å². The number of nitrogens with zero attached hydrogens (tertiary/aromatic N) is 4. The number of aromatic nitrogens is 2. The number of guanidine groups is 2. The third-order valence-corrected chi connectivity index (χ3v) is 4.88. The van der Waals surface area contributed by atoms with Gasteiger partial charge < -0.3 is 22.9 Å². The van der Waals surface area contributed by atoms with Crippen molar-refractivity contribution in [3.05, 3.63) is 48.5 Å². The summed E-state index contributed by atoms with van der Waals surface area (Å²) >= 11 is 2.93. The maximum Gasteiger partial charge on any atom is 0.213 e. The van der Waals surface area contributed by atoms with E-state index in [2.05, 4.69) is 20.0 Å². The van der Waals surface area contributed by atoms with E-state index in [0.717, 1.165) is 20.4 Å². The lowest BCUT2D eigenvalue weighted by Crippen LogP contribution is -2.21. The van der Waals surface area contributed by atoms with Crippen LogP contribution >= 0.6 is 22.7 Å². The second kappa shape index (κ2) is 7.76. The van der Waals surface area contributed by atoms with E-state index in [1.54, 1.807) is 0 Å². The SMILES string of the molecule is NC(N)=Nc1nc2ccccc2s1.NC(N)=Nc1nc2ccccc2s1. The summed E-state index contributed by atoms with van der Waals surface area (Å²) < 4.78 is 2.17. The van der Waals surface area contributed by atoms with Gasteiger partial charge in [-0.2, -0.15) is 9.98 Å². The fourth-order valence-electron chi connectivity index (χ4n) is 2.04. The van der Waals surface area contributed by atoms with Gasteiger partial charge in [-0.3, -0.25) is 0 Å². The first-order valence-corrected chi connectivity index (χ1v) is 9.05. The molecule has 0 saturated carbocycles. The number of hydrogen-bond acceptors (Lipinski definition) is 6. The molecule has 0 aliphatic heterocycles. The molecule has 0 unspecified atom stereocenters. The van der Waals surface area contributed by atoms with Crippen molar-refractivity contribution in [1.82, 2.24) is 9.97 Å². The standard InChI is InChI=1S/2C8H8N4S/c2*9-7(10)12-8-11-5-3-1-2-4-6(5)13-8/h2*1-4H,(H4,9,10,11,12). The molecular weight excluding hydrogens is 368 g/mol. The van der Waals surface area contributed by atoms with E-state index in [1.807, 2.05) is 48.5 Å². The minimum atomic E-state index is 0.0408. The van der Waals surface area contributed by atoms with E-state index in [0.29, 0.717) is 10.3 Å². The second-order valence-electron chi connectivity index (χ2n) is 5.00. The molecule has 0 atom stereocenters. The molecule has 8 N–H and O–H groups in total. The van der Waals surface area contributed by atoms with Crippen molar-refractivity contribution in [3.63, 3.8) is 0 Å². The predicted octanol–water partition coefficient (Wildman–Crippen LogP) is 2.40. The number of rotatable bonds is 2. The first-order chi connectivity index (χ1) is 12.5. The van der Waals surface area contributed by atoms with Gasteiger partial charge >= 0.3 is 0 Å². The molecule has 4 rings (SSSR count). The van der Waals surface area contributed by atoms with Crippen LogP contribution < -0.4 is 22.9 Å². The van der Waals surface area contributed by atoms with Crippen molar-refractivity contribution in [3.8, 4) is 0 Å². The highest BCUT2D eigenvalue weighted by molar-refractivity contribution is 7.22. The van der Waals surface area contributed by atoms with E-state index in [-0.39, 0.29) is 11.9 Å². The van der Waals surface area contributed by atoms with Crippen LogP contribution in [0.15, 0.2) is 58.5 Å². The van der Waals surface area contributed by atoms with Gasteiger partial charge in [-0.05, 0) is 24.3 Å². The van der Waals surface area contributed by atoms with Crippen molar-refractivity contribution in [1.29, 1.82) is 0 Å². The molecule has 2 heterocycles. The van der Waals surface area contributed by atoms with Gasteiger partial charge in [0.1, 0.15) is 0 Å². The molecule has 26 heavy (non-hydrogen) atoms. The maximum atomic E-state index is 5.24. The van der Waals surface area contributed by atoms with Crippen LogP contribution in [0.3, 0.4) is 0 Å². The van der Waals surface area contributed by atoms with E-state index in [4.69, 9.17) is 22.9 Å². The Hall–Kier alpha value is -3.24. The molecule has 8 nitrogen and oxygen atoms in total. The summed E-state index contributed by atoms with van der Waals surface area (Å²) in [6.45, 7) is 0. The Bertz CT molecular complexity index is 934. The van der Waals surface area contributed by atoms with Crippen LogP contribution in [0, 0.1) is 0 Å². The molecule has 0 radical (unpaired) electrons. The average molecular weight is 384 g/mol. The van der Waals surface area contributed by atoms with E-state index >= 15 is 0 Å². The quantitative estimate of drug-likeness (QED) is 0.307. The maximum absolute atomic E-state index is 5.24. The van der Waals surface area contributed by atoms with E-state index in [1.165, 1.54) is 22.7 Å². The van der Waals surface area contributed by atoms with Crippen LogP contribution in [0.1, 0.15) is 0 Å². The lowest BCUT2D eigenvalue weighted by molar-refractivity contribution is 1.36. The molecule has 0 bridgehead atoms. The number of nitrogens with two attached hydrogens (primary N) is 4. The van der Waals surface area contributed by atoms with Gasteiger partial charge in [-0.15, -0.1) is 0 Å². The fourth-order valence-corrected chi connectivity index (χ4v) is 3.75. The Labute approximate surface area is 156 Å². The summed E-state index contributed by atoms with van der Waals surface area (Å²) in [5.74, 6) is 0.0816. The predicted molar refractivity (Wildman–Crippen MR) is 110 cm³/mol. The molecule has 0 aliphatic carbocycles. The van der Waals surface area contributed by atoms with Crippen molar-refractivity contribution in [2.45, 2.75) is 0 Å². The summed E-state index contributed by atoms with van der Waals surface area (Å²) in [7, 11) is 0. The van der Waals surface area contributed by atoms with E-state index in [9.17, 15) is 0 Å². The third-order valence-electron chi connectivity index (χ3n) is 3.01. The number of benzene rings is 2. The van der Waals surface area contributed by atoms with Crippen molar-refractivity contribution < 1.29 is 0 Å². The van der Waals surface area contributed by atoms with Gasteiger partial charge in [-0.1, -0.05) is 46.9 Å². The summed E-state index contributed by atoms with van der Waals surface area (Å²) in [5, 5.41) is 1.20. The molecule has 10 heteroatoms. The highest BCUT2D eigenvalue weighted by Crippen LogP contribution is 2.27. The van der Waals surface area contributed by atoms with Crippen molar-refractivity contribution in [2.24, 2.45) is 32.9 Å². The van der Waals surface area contributed by atoms with Gasteiger partial charge in [0, 0.05) is 0 Å². The summed E-state index contributed by atoms with van der Waals surface area (Å²) in [4.78, 5) is 16.2. The largest absolute Gasteiger partial charge is 0.370 e. The molecular formula is C16H16N8S2. The van der Waals surface area contributed by atoms with E-state index < -0.39 is 0 Å². The Kier molecular flexibility index (Phi) is 5.25. The molecule has 0 aliphatic rings. The zero-order valence-electron chi connectivity index (χ0n) is 13.5. The minimum Gasteiger partial charge on any atom is -0.370 e. The Morgan fingerprint density at radius 1 is 0.654 bits per heavy atom. The number of fused-ring (bicyclic) bond motifs is 2. The smallest absolute Gasteiger partial charge is 0.213 e. The minimum absolute atomic E-state index is 0.0408. The third kappa shape index (κ3) is 4.43. The molecule has 0 fully saturated rings. The topological polar surface area (TPSA) is 155 Å². The number of para-hydroxylation sites is 2. The van der Waals surface area contributed by atoms with Crippen molar-refractivity contribution >= 4 is 65.3 Å². The molecule has 4 aromatic rings. The monoisotopic (exact) mass is 384 g/mol. The number of thiazole rings is 2. The lowest BCUT2D eigenvalue weighted by atomic mass is 10.3. The van der Waals surface area contributed by atoms with Gasteiger partial charge in [-0.25, -0.2) is 9.97 Å². The Balaban J connectivity index is 0.000000151. The van der Waals surface area contributed by atoms with Crippen LogP contribution in [0.25, 0.3) is 20.4 Å². The molecule has 0 spiro atoms. The molecule has 0 amide bonds. The first kappa shape index (κ1) is 17.6. The average Bonchev–Trinajstić information content (AvgIpc) is 3.16. The van der Waals surface area contributed by atoms with Gasteiger partial charge in [0.05, 0.1) is 20.4 Å². The van der Waals surface area contributed by atoms with Crippen LogP contribution in [0.5, 0.6) is 0 Å². The van der Waals surface area contributed by atoms with Crippen LogP contribution in [-0.4, -0.2) is 21.9 Å². The molecule has 132 valence electrons. The normalized spacial score (nSPS) is 10.2. The zero-order valence-corrected chi connectivity index (χ0v) is 15.2. The van der Waals surface area contributed by atoms with Crippen LogP contribution in [-0.2, 0) is 0 Å². The summed E-state index contributed by atoms with van der Waals surface area (Å²) in [6, 6.07) is 15.6. The second-order valence-corrected chi connectivity index (χ2v) is 7.02. The highest BCUT2D eigenvalue weighted by atomic mass is 32.1.